The number of aromatic nitrogens is 2. The molecule has 0 radical (unpaired) electrons. The first-order valence-corrected chi connectivity index (χ1v) is 10.4. The molecule has 31 heavy (non-hydrogen) atoms. The van der Waals surface area contributed by atoms with Crippen molar-refractivity contribution in [3.63, 3.8) is 0 Å². The molecule has 0 aliphatic carbocycles. The van der Waals surface area contributed by atoms with Gasteiger partial charge in [-0.1, -0.05) is 24.3 Å². The maximum Gasteiger partial charge on any atom is 0.258 e. The topological polar surface area (TPSA) is 104 Å². The second kappa shape index (κ2) is 9.53. The van der Waals surface area contributed by atoms with Crippen molar-refractivity contribution < 1.29 is 14.3 Å². The summed E-state index contributed by atoms with van der Waals surface area (Å²) in [6.45, 7) is 2.12. The SMILES string of the molecule is O=C(CCCc1nc2ccccc2c(=O)[nH]1)Nc1ccccc1C(=O)N1CCOCC1. The molecule has 1 fully saturated rings. The van der Waals surface area contributed by atoms with E-state index >= 15 is 0 Å². The van der Waals surface area contributed by atoms with Crippen LogP contribution in [0.25, 0.3) is 10.9 Å². The van der Waals surface area contributed by atoms with Gasteiger partial charge in [0.2, 0.25) is 5.91 Å². The number of H-pyrrole nitrogens is 1. The van der Waals surface area contributed by atoms with Crippen LogP contribution in [0, 0.1) is 0 Å². The minimum atomic E-state index is -0.189. The third-order valence-electron chi connectivity index (χ3n) is 5.21. The number of morpholine rings is 1. The molecule has 0 spiro atoms. The number of aryl methyl sites for hydroxylation is 1. The van der Waals surface area contributed by atoms with Crippen LogP contribution in [0.4, 0.5) is 5.69 Å². The molecule has 8 nitrogen and oxygen atoms in total. The highest BCUT2D eigenvalue weighted by Crippen LogP contribution is 2.19. The van der Waals surface area contributed by atoms with Crippen molar-refractivity contribution >= 4 is 28.4 Å². The molecule has 1 saturated heterocycles. The summed E-state index contributed by atoms with van der Waals surface area (Å²) in [5.74, 6) is 0.252. The Morgan fingerprint density at radius 3 is 2.65 bits per heavy atom. The van der Waals surface area contributed by atoms with Crippen LogP contribution in [0.15, 0.2) is 53.3 Å². The van der Waals surface area contributed by atoms with Gasteiger partial charge in [0.15, 0.2) is 0 Å². The number of hydrogen-bond acceptors (Lipinski definition) is 5. The van der Waals surface area contributed by atoms with Crippen molar-refractivity contribution in [1.29, 1.82) is 0 Å². The zero-order chi connectivity index (χ0) is 21.6. The van der Waals surface area contributed by atoms with Crippen molar-refractivity contribution in [2.24, 2.45) is 0 Å². The highest BCUT2D eigenvalue weighted by Gasteiger charge is 2.21. The highest BCUT2D eigenvalue weighted by atomic mass is 16.5. The predicted octanol–water partition coefficient (Wildman–Crippen LogP) is 2.36. The Balaban J connectivity index is 1.36. The molecule has 3 aromatic rings. The van der Waals surface area contributed by atoms with Crippen molar-refractivity contribution in [3.8, 4) is 0 Å². The minimum Gasteiger partial charge on any atom is -0.378 e. The van der Waals surface area contributed by atoms with Crippen LogP contribution in [-0.2, 0) is 16.0 Å². The molecule has 0 bridgehead atoms. The molecule has 0 atom stereocenters. The average Bonchev–Trinajstić information content (AvgIpc) is 2.80. The number of nitrogens with one attached hydrogen (secondary N) is 2. The van der Waals surface area contributed by atoms with Gasteiger partial charge in [-0.2, -0.15) is 0 Å². The molecular formula is C23H24N4O4. The molecule has 0 unspecified atom stereocenters. The molecule has 2 aromatic carbocycles. The summed E-state index contributed by atoms with van der Waals surface area (Å²) in [6, 6.07) is 14.2. The second-order valence-electron chi connectivity index (χ2n) is 7.38. The van der Waals surface area contributed by atoms with Crippen LogP contribution < -0.4 is 10.9 Å². The Morgan fingerprint density at radius 1 is 1.06 bits per heavy atom. The summed E-state index contributed by atoms with van der Waals surface area (Å²) in [7, 11) is 0. The Hall–Kier alpha value is -3.52. The number of ether oxygens (including phenoxy) is 1. The molecule has 1 aliphatic rings. The van der Waals surface area contributed by atoms with Gasteiger partial charge in [0.25, 0.3) is 11.5 Å². The Labute approximate surface area is 179 Å². The lowest BCUT2D eigenvalue weighted by Crippen LogP contribution is -2.41. The quantitative estimate of drug-likeness (QED) is 0.637. The van der Waals surface area contributed by atoms with Gasteiger partial charge in [-0.05, 0) is 30.7 Å². The van der Waals surface area contributed by atoms with E-state index in [1.165, 1.54) is 0 Å². The number of rotatable bonds is 6. The van der Waals surface area contributed by atoms with Crippen LogP contribution in [0.3, 0.4) is 0 Å². The van der Waals surface area contributed by atoms with E-state index in [0.29, 0.717) is 67.1 Å². The number of nitrogens with zero attached hydrogens (tertiary/aromatic N) is 2. The van der Waals surface area contributed by atoms with Crippen molar-refractivity contribution in [2.45, 2.75) is 19.3 Å². The van der Waals surface area contributed by atoms with Gasteiger partial charge in [-0.15, -0.1) is 0 Å². The number of aromatic amines is 1. The van der Waals surface area contributed by atoms with E-state index in [9.17, 15) is 14.4 Å². The normalized spacial score (nSPS) is 13.9. The zero-order valence-electron chi connectivity index (χ0n) is 17.1. The predicted molar refractivity (Wildman–Crippen MR) is 117 cm³/mol. The van der Waals surface area contributed by atoms with Gasteiger partial charge < -0.3 is 19.9 Å². The maximum absolute atomic E-state index is 12.8. The molecule has 2 N–H and O–H groups in total. The largest absolute Gasteiger partial charge is 0.378 e. The Kier molecular flexibility index (Phi) is 6.37. The number of benzene rings is 2. The second-order valence-corrected chi connectivity index (χ2v) is 7.38. The molecule has 160 valence electrons. The first-order valence-electron chi connectivity index (χ1n) is 10.4. The smallest absolute Gasteiger partial charge is 0.258 e. The lowest BCUT2D eigenvalue weighted by atomic mass is 10.1. The summed E-state index contributed by atoms with van der Waals surface area (Å²) in [5, 5.41) is 3.39. The van der Waals surface area contributed by atoms with Crippen LogP contribution in [0.2, 0.25) is 0 Å². The van der Waals surface area contributed by atoms with E-state index in [4.69, 9.17) is 4.74 Å². The summed E-state index contributed by atoms with van der Waals surface area (Å²) < 4.78 is 5.30. The van der Waals surface area contributed by atoms with E-state index in [0.717, 1.165) is 0 Å². The van der Waals surface area contributed by atoms with E-state index in [1.54, 1.807) is 47.4 Å². The first-order chi connectivity index (χ1) is 15.1. The third-order valence-corrected chi connectivity index (χ3v) is 5.21. The molecule has 2 amide bonds. The number of amides is 2. The number of fused-ring (bicyclic) bond motifs is 1. The summed E-state index contributed by atoms with van der Waals surface area (Å²) >= 11 is 0. The molecule has 8 heteroatoms. The number of anilines is 1. The van der Waals surface area contributed by atoms with Gasteiger partial charge in [0.05, 0.1) is 35.4 Å². The van der Waals surface area contributed by atoms with E-state index in [1.807, 2.05) is 6.07 Å². The van der Waals surface area contributed by atoms with E-state index in [-0.39, 0.29) is 23.8 Å². The fraction of sp³-hybridized carbons (Fsp3) is 0.304. The Morgan fingerprint density at radius 2 is 1.81 bits per heavy atom. The standard InChI is InChI=1S/C23H24N4O4/c28-21(11-5-10-20-24-18-8-3-1-6-16(18)22(29)26-20)25-19-9-4-2-7-17(19)23(30)27-12-14-31-15-13-27/h1-4,6-9H,5,10-15H2,(H,25,28)(H,24,26,29). The fourth-order valence-electron chi connectivity index (χ4n) is 3.60. The third kappa shape index (κ3) is 4.97. The number of hydrogen-bond donors (Lipinski definition) is 2. The number of carbonyl (C=O) groups is 2. The highest BCUT2D eigenvalue weighted by molar-refractivity contribution is 6.03. The lowest BCUT2D eigenvalue weighted by Gasteiger charge is -2.27. The lowest BCUT2D eigenvalue weighted by molar-refractivity contribution is -0.116. The van der Waals surface area contributed by atoms with Crippen LogP contribution in [0.5, 0.6) is 0 Å². The first kappa shape index (κ1) is 20.7. The average molecular weight is 420 g/mol. The van der Waals surface area contributed by atoms with E-state index in [2.05, 4.69) is 15.3 Å². The molecule has 1 aliphatic heterocycles. The fourth-order valence-corrected chi connectivity index (χ4v) is 3.60. The minimum absolute atomic E-state index is 0.114. The summed E-state index contributed by atoms with van der Waals surface area (Å²) in [5.41, 5.74) is 1.43. The van der Waals surface area contributed by atoms with Gasteiger partial charge in [-0.3, -0.25) is 14.4 Å². The number of para-hydroxylation sites is 2. The Bertz CT molecular complexity index is 1150. The van der Waals surface area contributed by atoms with E-state index < -0.39 is 0 Å². The van der Waals surface area contributed by atoms with Gasteiger partial charge in [0.1, 0.15) is 5.82 Å². The maximum atomic E-state index is 12.8. The van der Waals surface area contributed by atoms with Crippen LogP contribution in [0.1, 0.15) is 29.0 Å². The van der Waals surface area contributed by atoms with Gasteiger partial charge in [-0.25, -0.2) is 4.98 Å². The molecule has 0 saturated carbocycles. The molecule has 4 rings (SSSR count). The zero-order valence-corrected chi connectivity index (χ0v) is 17.1. The number of carbonyl (C=O) groups excluding carboxylic acids is 2. The monoisotopic (exact) mass is 420 g/mol. The van der Waals surface area contributed by atoms with Crippen molar-refractivity contribution in [1.82, 2.24) is 14.9 Å². The molecule has 1 aromatic heterocycles. The van der Waals surface area contributed by atoms with Gasteiger partial charge >= 0.3 is 0 Å². The molecule has 2 heterocycles. The van der Waals surface area contributed by atoms with Crippen LogP contribution >= 0.6 is 0 Å². The molecular weight excluding hydrogens is 396 g/mol. The van der Waals surface area contributed by atoms with Crippen LogP contribution in [-0.4, -0.2) is 53.0 Å². The van der Waals surface area contributed by atoms with Gasteiger partial charge in [0, 0.05) is 25.9 Å². The summed E-state index contributed by atoms with van der Waals surface area (Å²) in [4.78, 5) is 46.4. The van der Waals surface area contributed by atoms with Crippen molar-refractivity contribution in [3.05, 3.63) is 70.3 Å². The summed E-state index contributed by atoms with van der Waals surface area (Å²) in [6.07, 6.45) is 1.24. The van der Waals surface area contributed by atoms with Crippen molar-refractivity contribution in [2.75, 3.05) is 31.6 Å².